The number of hydrogen-bond donors (Lipinski definition) is 0. The van der Waals surface area contributed by atoms with E-state index < -0.39 is 0 Å². The van der Waals surface area contributed by atoms with E-state index in [4.69, 9.17) is 4.98 Å². The molecule has 3 aromatic heterocycles. The number of imidazole rings is 1. The molecule has 4 heterocycles. The van der Waals surface area contributed by atoms with E-state index in [9.17, 15) is 4.79 Å². The second-order valence-electron chi connectivity index (χ2n) is 7.94. The first-order valence-electron chi connectivity index (χ1n) is 10.6. The number of fused-ring (bicyclic) bond motifs is 1. The zero-order chi connectivity index (χ0) is 19.6. The second kappa shape index (κ2) is 7.81. The zero-order valence-electron chi connectivity index (χ0n) is 16.6. The van der Waals surface area contributed by atoms with Crippen LogP contribution in [-0.2, 0) is 0 Å². The monoisotopic (exact) mass is 390 g/mol. The number of rotatable bonds is 3. The van der Waals surface area contributed by atoms with E-state index in [2.05, 4.69) is 19.3 Å². The lowest BCUT2D eigenvalue weighted by atomic mass is 9.89. The third kappa shape index (κ3) is 3.45. The first kappa shape index (κ1) is 18.1. The first-order chi connectivity index (χ1) is 14.3. The number of hydrogen-bond acceptors (Lipinski definition) is 5. The highest BCUT2D eigenvalue weighted by molar-refractivity contribution is 5.99. The highest BCUT2D eigenvalue weighted by Gasteiger charge is 2.29. The van der Waals surface area contributed by atoms with Crippen LogP contribution in [0.25, 0.3) is 5.52 Å². The van der Waals surface area contributed by atoms with Crippen LogP contribution >= 0.6 is 0 Å². The molecule has 29 heavy (non-hydrogen) atoms. The Hall–Kier alpha value is -2.96. The molecular weight excluding hydrogens is 364 g/mol. The van der Waals surface area contributed by atoms with Gasteiger partial charge in [0.2, 0.25) is 5.95 Å². The zero-order valence-corrected chi connectivity index (χ0v) is 16.6. The first-order valence-corrected chi connectivity index (χ1v) is 10.6. The number of nitrogens with zero attached hydrogens (tertiary/aromatic N) is 6. The van der Waals surface area contributed by atoms with Crippen LogP contribution in [0.15, 0.2) is 42.9 Å². The smallest absolute Gasteiger partial charge is 0.274 e. The van der Waals surface area contributed by atoms with Gasteiger partial charge in [-0.05, 0) is 31.0 Å². The Kier molecular flexibility index (Phi) is 4.87. The number of carbonyl (C=O) groups excluding carboxylic acids is 1. The van der Waals surface area contributed by atoms with Gasteiger partial charge in [-0.1, -0.05) is 25.3 Å². The summed E-state index contributed by atoms with van der Waals surface area (Å²) >= 11 is 0. The number of carbonyl (C=O) groups is 1. The van der Waals surface area contributed by atoms with Crippen LogP contribution in [0.5, 0.6) is 0 Å². The van der Waals surface area contributed by atoms with E-state index in [1.54, 1.807) is 12.4 Å². The maximum atomic E-state index is 13.4. The maximum absolute atomic E-state index is 13.4. The van der Waals surface area contributed by atoms with Gasteiger partial charge >= 0.3 is 0 Å². The summed E-state index contributed by atoms with van der Waals surface area (Å²) in [5, 5.41) is 0. The molecule has 2 aliphatic rings. The van der Waals surface area contributed by atoms with Crippen molar-refractivity contribution in [2.75, 3.05) is 31.1 Å². The fourth-order valence-electron chi connectivity index (χ4n) is 4.58. The van der Waals surface area contributed by atoms with Crippen molar-refractivity contribution >= 4 is 17.4 Å². The highest BCUT2D eigenvalue weighted by atomic mass is 16.2. The van der Waals surface area contributed by atoms with Gasteiger partial charge in [0.1, 0.15) is 5.82 Å². The predicted octanol–water partition coefficient (Wildman–Crippen LogP) is 3.13. The van der Waals surface area contributed by atoms with E-state index in [1.807, 2.05) is 35.4 Å². The summed E-state index contributed by atoms with van der Waals surface area (Å²) in [6.45, 7) is 2.78. The molecular formula is C22H26N6O. The van der Waals surface area contributed by atoms with Gasteiger partial charge in [0.25, 0.3) is 5.91 Å². The quantitative estimate of drug-likeness (QED) is 0.687. The Balaban J connectivity index is 1.37. The van der Waals surface area contributed by atoms with Crippen molar-refractivity contribution < 1.29 is 4.79 Å². The van der Waals surface area contributed by atoms with Crippen molar-refractivity contribution in [3.05, 3.63) is 54.4 Å². The van der Waals surface area contributed by atoms with Gasteiger partial charge in [-0.25, -0.2) is 15.0 Å². The number of piperazine rings is 1. The second-order valence-corrected chi connectivity index (χ2v) is 7.94. The molecule has 0 bridgehead atoms. The van der Waals surface area contributed by atoms with Gasteiger partial charge in [-0.3, -0.25) is 4.79 Å². The van der Waals surface area contributed by atoms with Gasteiger partial charge in [0, 0.05) is 50.7 Å². The van der Waals surface area contributed by atoms with Crippen LogP contribution in [0.3, 0.4) is 0 Å². The van der Waals surface area contributed by atoms with Crippen molar-refractivity contribution in [1.29, 1.82) is 0 Å². The van der Waals surface area contributed by atoms with Crippen molar-refractivity contribution in [2.24, 2.45) is 0 Å². The molecule has 5 rings (SSSR count). The normalized spacial score (nSPS) is 18.3. The van der Waals surface area contributed by atoms with E-state index in [1.165, 1.54) is 19.3 Å². The fourth-order valence-corrected chi connectivity index (χ4v) is 4.58. The van der Waals surface area contributed by atoms with Crippen LogP contribution in [-0.4, -0.2) is 56.3 Å². The van der Waals surface area contributed by atoms with Crippen molar-refractivity contribution in [3.8, 4) is 0 Å². The number of pyridine rings is 1. The minimum absolute atomic E-state index is 0.0318. The number of amides is 1. The van der Waals surface area contributed by atoms with E-state index in [0.29, 0.717) is 24.7 Å². The van der Waals surface area contributed by atoms with Crippen LogP contribution in [0.1, 0.15) is 54.3 Å². The predicted molar refractivity (Wildman–Crippen MR) is 111 cm³/mol. The van der Waals surface area contributed by atoms with Gasteiger partial charge in [-0.15, -0.1) is 0 Å². The molecule has 0 radical (unpaired) electrons. The topological polar surface area (TPSA) is 66.6 Å². The summed E-state index contributed by atoms with van der Waals surface area (Å²) < 4.78 is 2.14. The third-order valence-corrected chi connectivity index (χ3v) is 6.15. The summed E-state index contributed by atoms with van der Waals surface area (Å²) in [5.41, 5.74) is 1.52. The van der Waals surface area contributed by atoms with Crippen LogP contribution in [0.4, 0.5) is 5.95 Å². The average molecular weight is 390 g/mol. The molecule has 7 nitrogen and oxygen atoms in total. The lowest BCUT2D eigenvalue weighted by Gasteiger charge is -2.34. The molecule has 2 fully saturated rings. The summed E-state index contributed by atoms with van der Waals surface area (Å²) in [6, 6.07) is 7.84. The van der Waals surface area contributed by atoms with Crippen molar-refractivity contribution in [1.82, 2.24) is 24.3 Å². The SMILES string of the molecule is O=C(c1nc(C2CCCCC2)n2ccccc12)N1CCN(c2ncccn2)CC1. The molecule has 0 unspecified atom stereocenters. The number of aromatic nitrogens is 4. The Morgan fingerprint density at radius 3 is 2.45 bits per heavy atom. The van der Waals surface area contributed by atoms with E-state index in [-0.39, 0.29) is 5.91 Å². The van der Waals surface area contributed by atoms with Crippen molar-refractivity contribution in [3.63, 3.8) is 0 Å². The molecule has 7 heteroatoms. The Morgan fingerprint density at radius 2 is 1.69 bits per heavy atom. The van der Waals surface area contributed by atoms with Gasteiger partial charge in [0.05, 0.1) is 5.52 Å². The summed E-state index contributed by atoms with van der Waals surface area (Å²) in [5.74, 6) is 2.27. The summed E-state index contributed by atoms with van der Waals surface area (Å²) in [7, 11) is 0. The highest BCUT2D eigenvalue weighted by Crippen LogP contribution is 2.33. The van der Waals surface area contributed by atoms with Gasteiger partial charge < -0.3 is 14.2 Å². The molecule has 0 N–H and O–H groups in total. The standard InChI is InChI=1S/C22H26N6O/c29-21(26-13-15-27(16-14-26)22-23-10-6-11-24-22)19-18-9-4-5-12-28(18)20(25-19)17-7-2-1-3-8-17/h4-6,9-12,17H,1-3,7-8,13-16H2. The molecule has 0 aromatic carbocycles. The van der Waals surface area contributed by atoms with Crippen LogP contribution in [0, 0.1) is 0 Å². The minimum atomic E-state index is 0.0318. The molecule has 1 saturated carbocycles. The summed E-state index contributed by atoms with van der Waals surface area (Å²) in [4.78, 5) is 30.9. The van der Waals surface area contributed by atoms with Gasteiger partial charge in [-0.2, -0.15) is 0 Å². The molecule has 0 atom stereocenters. The van der Waals surface area contributed by atoms with Crippen LogP contribution < -0.4 is 4.90 Å². The Labute approximate surface area is 170 Å². The number of anilines is 1. The molecule has 3 aromatic rings. The molecule has 1 aliphatic heterocycles. The van der Waals surface area contributed by atoms with E-state index in [0.717, 1.165) is 43.2 Å². The molecule has 1 aliphatic carbocycles. The van der Waals surface area contributed by atoms with Crippen molar-refractivity contribution in [2.45, 2.75) is 38.0 Å². The Morgan fingerprint density at radius 1 is 0.931 bits per heavy atom. The molecule has 1 amide bonds. The lowest BCUT2D eigenvalue weighted by molar-refractivity contribution is 0.0742. The fraction of sp³-hybridized carbons (Fsp3) is 0.455. The average Bonchev–Trinajstić information content (AvgIpc) is 3.20. The molecule has 1 saturated heterocycles. The van der Waals surface area contributed by atoms with E-state index >= 15 is 0 Å². The summed E-state index contributed by atoms with van der Waals surface area (Å²) in [6.07, 6.45) is 11.7. The largest absolute Gasteiger partial charge is 0.337 e. The third-order valence-electron chi connectivity index (χ3n) is 6.15. The Bertz CT molecular complexity index is 987. The molecule has 150 valence electrons. The molecule has 0 spiro atoms. The van der Waals surface area contributed by atoms with Gasteiger partial charge in [0.15, 0.2) is 5.69 Å². The maximum Gasteiger partial charge on any atom is 0.274 e. The lowest BCUT2D eigenvalue weighted by Crippen LogP contribution is -2.49. The minimum Gasteiger partial charge on any atom is -0.337 e. The van der Waals surface area contributed by atoms with Crippen LogP contribution in [0.2, 0.25) is 0 Å².